The van der Waals surface area contributed by atoms with Gasteiger partial charge >= 0.3 is 5.97 Å². The van der Waals surface area contributed by atoms with Gasteiger partial charge in [-0.15, -0.1) is 0 Å². The summed E-state index contributed by atoms with van der Waals surface area (Å²) < 4.78 is 21.9. The molecular weight excluding hydrogens is 217 g/mol. The second kappa shape index (κ2) is 5.57. The molecule has 0 saturated carbocycles. The Kier molecular flexibility index (Phi) is 4.11. The second-order valence-corrected chi connectivity index (χ2v) is 2.61. The van der Waals surface area contributed by atoms with Crippen LogP contribution >= 0.6 is 0 Å². The van der Waals surface area contributed by atoms with Crippen LogP contribution in [0.25, 0.3) is 16.5 Å². The average molecular weight is 225 g/mol. The normalized spacial score (nSPS) is 10.8. The minimum atomic E-state index is -0.794. The largest absolute Gasteiger partial charge is 0.462 e. The van der Waals surface area contributed by atoms with E-state index in [1.807, 2.05) is 0 Å². The van der Waals surface area contributed by atoms with Crippen LogP contribution in [0.4, 0.5) is 4.39 Å². The number of nitrogens with zero attached hydrogens (tertiary/aromatic N) is 3. The number of carbonyl (C=O) groups is 1. The lowest BCUT2D eigenvalue weighted by molar-refractivity contribution is -0.138. The van der Waals surface area contributed by atoms with Crippen LogP contribution < -0.4 is 0 Å². The molecule has 0 radical (unpaired) electrons. The summed E-state index contributed by atoms with van der Waals surface area (Å²) in [5.74, 6) is -1.32. The van der Waals surface area contributed by atoms with Gasteiger partial charge in [0.1, 0.15) is 17.7 Å². The highest BCUT2D eigenvalue weighted by molar-refractivity contribution is 5.92. The molecule has 0 aliphatic carbocycles. The minimum absolute atomic E-state index is 0.0629. The van der Waals surface area contributed by atoms with Gasteiger partial charge in [-0.2, -0.15) is 0 Å². The van der Waals surface area contributed by atoms with Gasteiger partial charge in [-0.3, -0.25) is 0 Å². The zero-order valence-corrected chi connectivity index (χ0v) is 8.38. The third kappa shape index (κ3) is 3.14. The van der Waals surface area contributed by atoms with E-state index in [0.717, 1.165) is 18.4 Å². The summed E-state index contributed by atoms with van der Waals surface area (Å²) in [5, 5.41) is 3.13. The molecule has 7 heteroatoms. The van der Waals surface area contributed by atoms with Gasteiger partial charge in [-0.25, -0.2) is 9.18 Å². The zero-order valence-electron chi connectivity index (χ0n) is 8.38. The maximum Gasteiger partial charge on any atom is 0.340 e. The van der Waals surface area contributed by atoms with E-state index in [-0.39, 0.29) is 18.1 Å². The van der Waals surface area contributed by atoms with Crippen LogP contribution in [0.3, 0.4) is 0 Å². The van der Waals surface area contributed by atoms with Gasteiger partial charge in [-0.05, 0) is 18.5 Å². The highest BCUT2D eigenvalue weighted by Crippen LogP contribution is 2.12. The molecule has 16 heavy (non-hydrogen) atoms. The lowest BCUT2D eigenvalue weighted by atomic mass is 10.3. The topological polar surface area (TPSA) is 88.2 Å². The van der Waals surface area contributed by atoms with Crippen molar-refractivity contribution in [2.45, 2.75) is 6.92 Å². The number of esters is 1. The van der Waals surface area contributed by atoms with E-state index in [9.17, 15) is 9.18 Å². The van der Waals surface area contributed by atoms with E-state index in [0.29, 0.717) is 0 Å². The van der Waals surface area contributed by atoms with E-state index in [1.165, 1.54) is 0 Å². The molecule has 0 aromatic carbocycles. The number of carbonyl (C=O) groups excluding carboxylic acids is 1. The standard InChI is InChI=1S/C9H8FN3O3/c1-2-15-9(14)8(12-13-11)4-7-3-6(10)5-16-7/h3-5H,2H2,1H3. The predicted molar refractivity (Wildman–Crippen MR) is 52.4 cm³/mol. The van der Waals surface area contributed by atoms with Crippen LogP contribution in [-0.2, 0) is 9.53 Å². The maximum atomic E-state index is 12.6. The summed E-state index contributed by atoms with van der Waals surface area (Å²) in [6, 6.07) is 1.05. The van der Waals surface area contributed by atoms with Crippen molar-refractivity contribution in [2.24, 2.45) is 5.11 Å². The van der Waals surface area contributed by atoms with Crippen molar-refractivity contribution >= 4 is 12.0 Å². The number of hydrogen-bond donors (Lipinski definition) is 0. The molecule has 0 saturated heterocycles. The van der Waals surface area contributed by atoms with Gasteiger partial charge in [0.15, 0.2) is 5.82 Å². The number of halogens is 1. The predicted octanol–water partition coefficient (Wildman–Crippen LogP) is 2.63. The third-order valence-electron chi connectivity index (χ3n) is 1.50. The van der Waals surface area contributed by atoms with E-state index in [1.54, 1.807) is 6.92 Å². The van der Waals surface area contributed by atoms with Crippen molar-refractivity contribution in [3.63, 3.8) is 0 Å². The van der Waals surface area contributed by atoms with Crippen molar-refractivity contribution in [2.75, 3.05) is 6.61 Å². The van der Waals surface area contributed by atoms with E-state index in [2.05, 4.69) is 14.8 Å². The van der Waals surface area contributed by atoms with E-state index >= 15 is 0 Å². The van der Waals surface area contributed by atoms with Crippen LogP contribution in [0.15, 0.2) is 27.6 Å². The summed E-state index contributed by atoms with van der Waals surface area (Å²) in [5.41, 5.74) is 7.95. The highest BCUT2D eigenvalue weighted by Gasteiger charge is 2.10. The molecule has 1 aromatic heterocycles. The molecule has 0 bridgehead atoms. The summed E-state index contributed by atoms with van der Waals surface area (Å²) in [6.45, 7) is 1.75. The molecule has 1 aromatic rings. The van der Waals surface area contributed by atoms with Crippen LogP contribution in [0, 0.1) is 5.82 Å². The molecule has 6 nitrogen and oxygen atoms in total. The van der Waals surface area contributed by atoms with Gasteiger partial charge in [0.05, 0.1) is 6.61 Å². The lowest BCUT2D eigenvalue weighted by Crippen LogP contribution is -2.05. The molecule has 0 aliphatic heterocycles. The number of azide groups is 1. The van der Waals surface area contributed by atoms with Crippen molar-refractivity contribution in [3.8, 4) is 0 Å². The van der Waals surface area contributed by atoms with Gasteiger partial charge in [0.25, 0.3) is 0 Å². The van der Waals surface area contributed by atoms with Crippen LogP contribution in [0.2, 0.25) is 0 Å². The van der Waals surface area contributed by atoms with Crippen molar-refractivity contribution in [3.05, 3.63) is 40.0 Å². The summed E-state index contributed by atoms with van der Waals surface area (Å²) in [7, 11) is 0. The fourth-order valence-electron chi connectivity index (χ4n) is 0.921. The Labute approximate surface area is 89.9 Å². The summed E-state index contributed by atoms with van der Waals surface area (Å²) in [6.07, 6.45) is 1.96. The van der Waals surface area contributed by atoms with Gasteiger partial charge in [0.2, 0.25) is 0 Å². The molecule has 0 unspecified atom stereocenters. The Balaban J connectivity index is 2.97. The SMILES string of the molecule is CCOC(=O)C(=Cc1cc(F)co1)N=[N+]=[N-]. The van der Waals surface area contributed by atoms with Crippen LogP contribution in [0.1, 0.15) is 12.7 Å². The fourth-order valence-corrected chi connectivity index (χ4v) is 0.921. The van der Waals surface area contributed by atoms with Gasteiger partial charge in [0, 0.05) is 11.0 Å². The Bertz CT molecular complexity index is 460. The summed E-state index contributed by atoms with van der Waals surface area (Å²) in [4.78, 5) is 13.7. The quantitative estimate of drug-likeness (QED) is 0.259. The lowest BCUT2D eigenvalue weighted by Gasteiger charge is -1.99. The monoisotopic (exact) mass is 225 g/mol. The van der Waals surface area contributed by atoms with Gasteiger partial charge in [-0.1, -0.05) is 5.11 Å². The molecule has 0 spiro atoms. The fraction of sp³-hybridized carbons (Fsp3) is 0.222. The number of ether oxygens (including phenoxy) is 1. The molecule has 0 fully saturated rings. The molecule has 0 atom stereocenters. The van der Waals surface area contributed by atoms with Crippen LogP contribution in [0.5, 0.6) is 0 Å². The molecule has 0 N–H and O–H groups in total. The van der Waals surface area contributed by atoms with Crippen molar-refractivity contribution < 1.29 is 18.3 Å². The molecule has 0 aliphatic rings. The average Bonchev–Trinajstić information content (AvgIpc) is 2.64. The molecule has 0 amide bonds. The number of rotatable bonds is 4. The Morgan fingerprint density at radius 3 is 3.06 bits per heavy atom. The van der Waals surface area contributed by atoms with Crippen molar-refractivity contribution in [1.82, 2.24) is 0 Å². The first-order valence-corrected chi connectivity index (χ1v) is 4.35. The van der Waals surface area contributed by atoms with Crippen molar-refractivity contribution in [1.29, 1.82) is 0 Å². The van der Waals surface area contributed by atoms with Crippen LogP contribution in [-0.4, -0.2) is 12.6 Å². The highest BCUT2D eigenvalue weighted by atomic mass is 19.1. The van der Waals surface area contributed by atoms with E-state index in [4.69, 9.17) is 9.95 Å². The molecule has 84 valence electrons. The van der Waals surface area contributed by atoms with E-state index < -0.39 is 11.8 Å². The Hall–Kier alpha value is -2.27. The number of furan rings is 1. The first-order chi connectivity index (χ1) is 7.67. The second-order valence-electron chi connectivity index (χ2n) is 2.61. The molecule has 1 heterocycles. The third-order valence-corrected chi connectivity index (χ3v) is 1.50. The Morgan fingerprint density at radius 1 is 1.81 bits per heavy atom. The Morgan fingerprint density at radius 2 is 2.56 bits per heavy atom. The first kappa shape index (κ1) is 11.8. The zero-order chi connectivity index (χ0) is 12.0. The summed E-state index contributed by atoms with van der Waals surface area (Å²) >= 11 is 0. The number of hydrogen-bond acceptors (Lipinski definition) is 4. The first-order valence-electron chi connectivity index (χ1n) is 4.35. The smallest absolute Gasteiger partial charge is 0.340 e. The molecule has 1 rings (SSSR count). The molecular formula is C9H8FN3O3. The maximum absolute atomic E-state index is 12.6. The minimum Gasteiger partial charge on any atom is -0.462 e. The van der Waals surface area contributed by atoms with Gasteiger partial charge < -0.3 is 9.15 Å².